The smallest absolute Gasteiger partial charge is 0.0727 e. The molecular weight excluding hydrogens is 869 g/mol. The van der Waals surface area contributed by atoms with Gasteiger partial charge in [-0.3, -0.25) is 0 Å². The van der Waals surface area contributed by atoms with E-state index in [-0.39, 0.29) is 5.41 Å². The summed E-state index contributed by atoms with van der Waals surface area (Å²) < 4.78 is 0. The van der Waals surface area contributed by atoms with Gasteiger partial charge in [-0.25, -0.2) is 0 Å². The van der Waals surface area contributed by atoms with Crippen molar-refractivity contribution in [2.75, 3.05) is 9.80 Å². The molecule has 0 N–H and O–H groups in total. The van der Waals surface area contributed by atoms with E-state index >= 15 is 0 Å². The first-order valence-electron chi connectivity index (χ1n) is 25.2. The summed E-state index contributed by atoms with van der Waals surface area (Å²) in [5.41, 5.74) is 26.3. The Bertz CT molecular complexity index is 3900. The number of nitrogens with zero attached hydrogens (tertiary/aromatic N) is 2. The van der Waals surface area contributed by atoms with Gasteiger partial charge >= 0.3 is 0 Å². The molecule has 0 radical (unpaired) electrons. The average Bonchev–Trinajstić information content (AvgIpc) is 4.00. The molecule has 0 saturated carbocycles. The lowest BCUT2D eigenvalue weighted by molar-refractivity contribution is 0.660. The highest BCUT2D eigenvalue weighted by Crippen LogP contribution is 2.64. The van der Waals surface area contributed by atoms with E-state index in [4.69, 9.17) is 0 Å². The van der Waals surface area contributed by atoms with E-state index in [1.807, 2.05) is 0 Å². The summed E-state index contributed by atoms with van der Waals surface area (Å²) in [4.78, 5) is 4.95. The fourth-order valence-electron chi connectivity index (χ4n) is 12.7. The van der Waals surface area contributed by atoms with Gasteiger partial charge in [-0.05, 0) is 150 Å². The van der Waals surface area contributed by atoms with E-state index in [1.165, 1.54) is 89.0 Å². The van der Waals surface area contributed by atoms with Crippen molar-refractivity contribution in [1.29, 1.82) is 0 Å². The molecule has 3 aliphatic carbocycles. The van der Waals surface area contributed by atoms with Crippen LogP contribution in [0.5, 0.6) is 0 Å². The zero-order valence-electron chi connectivity index (χ0n) is 40.3. The fraction of sp³-hybridized carbons (Fsp3) is 0.0571. The van der Waals surface area contributed by atoms with E-state index < -0.39 is 5.41 Å². The van der Waals surface area contributed by atoms with Gasteiger partial charge in [0.1, 0.15) is 0 Å². The maximum atomic E-state index is 2.53. The molecular formula is C70H50N2. The lowest BCUT2D eigenvalue weighted by atomic mass is 9.70. The first-order valence-corrected chi connectivity index (χ1v) is 25.2. The minimum absolute atomic E-state index is 0.165. The quantitative estimate of drug-likeness (QED) is 0.150. The number of rotatable bonds is 8. The molecule has 3 aliphatic rings. The van der Waals surface area contributed by atoms with Gasteiger partial charge in [-0.2, -0.15) is 0 Å². The normalized spacial score (nSPS) is 15.0. The molecule has 0 saturated heterocycles. The lowest BCUT2D eigenvalue weighted by Gasteiger charge is -2.34. The van der Waals surface area contributed by atoms with Crippen LogP contribution in [-0.4, -0.2) is 0 Å². The second kappa shape index (κ2) is 16.3. The minimum atomic E-state index is -0.607. The first-order chi connectivity index (χ1) is 35.5. The maximum absolute atomic E-state index is 2.53. The third-order valence-electron chi connectivity index (χ3n) is 15.9. The predicted octanol–water partition coefficient (Wildman–Crippen LogP) is 18.6. The van der Waals surface area contributed by atoms with Crippen LogP contribution in [0.1, 0.15) is 47.2 Å². The summed E-state index contributed by atoms with van der Waals surface area (Å²) >= 11 is 0. The summed E-state index contributed by atoms with van der Waals surface area (Å²) in [6.07, 6.45) is 0. The monoisotopic (exact) mass is 918 g/mol. The topological polar surface area (TPSA) is 6.48 Å². The summed E-state index contributed by atoms with van der Waals surface area (Å²) in [5, 5.41) is 0. The van der Waals surface area contributed by atoms with Crippen molar-refractivity contribution in [2.24, 2.45) is 0 Å². The third-order valence-corrected chi connectivity index (χ3v) is 15.9. The summed E-state index contributed by atoms with van der Waals surface area (Å²) in [6, 6.07) is 99.2. The highest BCUT2D eigenvalue weighted by Gasteiger charge is 2.52. The Morgan fingerprint density at radius 3 is 1.22 bits per heavy atom. The molecule has 14 rings (SSSR count). The lowest BCUT2D eigenvalue weighted by Crippen LogP contribution is -2.26. The van der Waals surface area contributed by atoms with E-state index in [0.29, 0.717) is 0 Å². The van der Waals surface area contributed by atoms with Crippen molar-refractivity contribution in [3.63, 3.8) is 0 Å². The molecule has 0 bridgehead atoms. The first kappa shape index (κ1) is 41.9. The largest absolute Gasteiger partial charge is 0.310 e. The van der Waals surface area contributed by atoms with Crippen LogP contribution in [0.4, 0.5) is 34.1 Å². The average molecular weight is 919 g/mol. The molecule has 0 aliphatic heterocycles. The minimum Gasteiger partial charge on any atom is -0.310 e. The SMILES string of the molecule is CC1(C)c2ccccc2-c2ccc(N(c3ccc4c(c3)C3(c5ccccc5-c5ccc(N(c6ccccc6)c6cccc(-c7ccccc7)c6)cc53)c3ccccc3-4)c3ccccc3-c3ccccc3)cc21. The number of benzene rings is 11. The number of para-hydroxylation sites is 2. The van der Waals surface area contributed by atoms with Crippen molar-refractivity contribution < 1.29 is 0 Å². The van der Waals surface area contributed by atoms with Gasteiger partial charge in [0.05, 0.1) is 11.1 Å². The summed E-state index contributed by atoms with van der Waals surface area (Å²) in [7, 11) is 0. The number of fused-ring (bicyclic) bond motifs is 13. The van der Waals surface area contributed by atoms with E-state index in [0.717, 1.165) is 34.1 Å². The van der Waals surface area contributed by atoms with Crippen LogP contribution >= 0.6 is 0 Å². The number of anilines is 6. The maximum Gasteiger partial charge on any atom is 0.0727 e. The molecule has 0 amide bonds. The molecule has 2 heteroatoms. The van der Waals surface area contributed by atoms with E-state index in [9.17, 15) is 0 Å². The third kappa shape index (κ3) is 6.22. The van der Waals surface area contributed by atoms with Crippen LogP contribution in [0.3, 0.4) is 0 Å². The molecule has 72 heavy (non-hydrogen) atoms. The summed E-state index contributed by atoms with van der Waals surface area (Å²) in [5.74, 6) is 0. The van der Waals surface area contributed by atoms with Gasteiger partial charge in [-0.1, -0.05) is 214 Å². The van der Waals surface area contributed by atoms with Gasteiger partial charge in [0.2, 0.25) is 0 Å². The van der Waals surface area contributed by atoms with Gasteiger partial charge in [0.25, 0.3) is 0 Å². The Balaban J connectivity index is 1.01. The number of hydrogen-bond acceptors (Lipinski definition) is 2. The molecule has 0 fully saturated rings. The van der Waals surface area contributed by atoms with E-state index in [1.54, 1.807) is 0 Å². The number of hydrogen-bond donors (Lipinski definition) is 0. The molecule has 11 aromatic carbocycles. The molecule has 1 unspecified atom stereocenters. The van der Waals surface area contributed by atoms with Crippen molar-refractivity contribution in [1.82, 2.24) is 0 Å². The van der Waals surface area contributed by atoms with Crippen LogP contribution in [-0.2, 0) is 10.8 Å². The van der Waals surface area contributed by atoms with Crippen LogP contribution in [0.25, 0.3) is 55.6 Å². The van der Waals surface area contributed by atoms with Crippen LogP contribution < -0.4 is 9.80 Å². The van der Waals surface area contributed by atoms with Crippen LogP contribution in [0.2, 0.25) is 0 Å². The molecule has 0 aromatic heterocycles. The van der Waals surface area contributed by atoms with Crippen molar-refractivity contribution in [3.8, 4) is 55.6 Å². The Hall–Kier alpha value is -8.98. The molecule has 340 valence electrons. The highest BCUT2D eigenvalue weighted by atomic mass is 15.1. The Labute approximate surface area is 422 Å². The Morgan fingerprint density at radius 1 is 0.236 bits per heavy atom. The Kier molecular flexibility index (Phi) is 9.50. The standard InChI is InChI=1S/C70H50N2/c1-69(2)62-33-16-12-30-56(62)59-40-38-53(44-65(59)69)72(68-36-19-15-29-55(68)48-23-8-4-9-24-48)54-39-42-61-58-32-14-18-35-64(58)70(67(61)46-54)63-34-17-13-31-57(63)60-41-37-52(45-66(60)70)71(50-26-10-5-11-27-50)51-28-20-25-49(43-51)47-21-6-3-7-22-47/h3-46H,1-2H3. The predicted molar refractivity (Wildman–Crippen MR) is 301 cm³/mol. The van der Waals surface area contributed by atoms with Gasteiger partial charge in [-0.15, -0.1) is 0 Å². The van der Waals surface area contributed by atoms with Crippen molar-refractivity contribution in [2.45, 2.75) is 24.7 Å². The van der Waals surface area contributed by atoms with Crippen LogP contribution in [0, 0.1) is 0 Å². The Morgan fingerprint density at radius 2 is 0.625 bits per heavy atom. The zero-order chi connectivity index (χ0) is 48.0. The fourth-order valence-corrected chi connectivity index (χ4v) is 12.7. The molecule has 1 atom stereocenters. The second-order valence-corrected chi connectivity index (χ2v) is 20.0. The van der Waals surface area contributed by atoms with Crippen LogP contribution in [0.15, 0.2) is 267 Å². The molecule has 0 heterocycles. The second-order valence-electron chi connectivity index (χ2n) is 20.0. The van der Waals surface area contributed by atoms with E-state index in [2.05, 4.69) is 291 Å². The zero-order valence-corrected chi connectivity index (χ0v) is 40.3. The van der Waals surface area contributed by atoms with Gasteiger partial charge in [0, 0.05) is 39.4 Å². The molecule has 1 spiro atoms. The summed E-state index contributed by atoms with van der Waals surface area (Å²) in [6.45, 7) is 4.75. The van der Waals surface area contributed by atoms with Crippen molar-refractivity contribution in [3.05, 3.63) is 300 Å². The van der Waals surface area contributed by atoms with Gasteiger partial charge < -0.3 is 9.80 Å². The van der Waals surface area contributed by atoms with Crippen molar-refractivity contribution >= 4 is 34.1 Å². The molecule has 2 nitrogen and oxygen atoms in total. The van der Waals surface area contributed by atoms with Gasteiger partial charge in [0.15, 0.2) is 0 Å². The highest BCUT2D eigenvalue weighted by molar-refractivity contribution is 5.99. The molecule has 11 aromatic rings.